The van der Waals surface area contributed by atoms with Crippen molar-refractivity contribution in [1.29, 1.82) is 0 Å². The van der Waals surface area contributed by atoms with Crippen LogP contribution in [0.5, 0.6) is 5.75 Å². The molecule has 2 atom stereocenters. The standard InChI is InChI=1S/C13H18ClNO/c1-3-4-6-12(14)9-11(2)16-13-7-5-8-15-10-13/h4-8,10-12H,3,9H2,1-2H3/b6-4-. The smallest absolute Gasteiger partial charge is 0.137 e. The van der Waals surface area contributed by atoms with Crippen molar-refractivity contribution in [3.05, 3.63) is 36.7 Å². The summed E-state index contributed by atoms with van der Waals surface area (Å²) in [4.78, 5) is 3.99. The molecule has 0 saturated carbocycles. The van der Waals surface area contributed by atoms with Gasteiger partial charge in [0.25, 0.3) is 0 Å². The van der Waals surface area contributed by atoms with Gasteiger partial charge in [-0.1, -0.05) is 19.1 Å². The lowest BCUT2D eigenvalue weighted by molar-refractivity contribution is 0.212. The summed E-state index contributed by atoms with van der Waals surface area (Å²) in [5, 5.41) is 0.0339. The fraction of sp³-hybridized carbons (Fsp3) is 0.462. The Labute approximate surface area is 102 Å². The molecule has 0 fully saturated rings. The molecule has 0 amide bonds. The third-order valence-electron chi connectivity index (χ3n) is 2.11. The molecule has 3 heteroatoms. The van der Waals surface area contributed by atoms with Gasteiger partial charge in [-0.25, -0.2) is 0 Å². The summed E-state index contributed by atoms with van der Waals surface area (Å²) in [6, 6.07) is 3.76. The van der Waals surface area contributed by atoms with Gasteiger partial charge in [-0.15, -0.1) is 11.6 Å². The molecule has 0 aliphatic heterocycles. The van der Waals surface area contributed by atoms with Crippen molar-refractivity contribution in [2.24, 2.45) is 0 Å². The van der Waals surface area contributed by atoms with Gasteiger partial charge < -0.3 is 4.74 Å². The number of hydrogen-bond acceptors (Lipinski definition) is 2. The van der Waals surface area contributed by atoms with Crippen LogP contribution in [0.2, 0.25) is 0 Å². The fourth-order valence-electron chi connectivity index (χ4n) is 1.38. The van der Waals surface area contributed by atoms with E-state index in [1.165, 1.54) is 0 Å². The number of pyridine rings is 1. The first-order valence-electron chi connectivity index (χ1n) is 5.59. The van der Waals surface area contributed by atoms with E-state index in [0.717, 1.165) is 18.6 Å². The van der Waals surface area contributed by atoms with Gasteiger partial charge in [0, 0.05) is 12.6 Å². The summed E-state index contributed by atoms with van der Waals surface area (Å²) in [5.74, 6) is 0.790. The quantitative estimate of drug-likeness (QED) is 0.556. The summed E-state index contributed by atoms with van der Waals surface area (Å²) in [6.45, 7) is 4.11. The summed E-state index contributed by atoms with van der Waals surface area (Å²) in [6.07, 6.45) is 9.44. The van der Waals surface area contributed by atoms with Crippen LogP contribution in [-0.4, -0.2) is 16.5 Å². The Hall–Kier alpha value is -1.02. The first kappa shape index (κ1) is 13.0. The Morgan fingerprint density at radius 2 is 2.38 bits per heavy atom. The second-order valence-electron chi connectivity index (χ2n) is 3.71. The summed E-state index contributed by atoms with van der Waals surface area (Å²) < 4.78 is 5.68. The zero-order valence-corrected chi connectivity index (χ0v) is 10.5. The maximum Gasteiger partial charge on any atom is 0.137 e. The molecule has 0 radical (unpaired) electrons. The summed E-state index contributed by atoms with van der Waals surface area (Å²) in [5.41, 5.74) is 0. The van der Waals surface area contributed by atoms with Crippen molar-refractivity contribution in [2.45, 2.75) is 38.2 Å². The zero-order valence-electron chi connectivity index (χ0n) is 9.77. The molecule has 88 valence electrons. The summed E-state index contributed by atoms with van der Waals surface area (Å²) >= 11 is 6.14. The van der Waals surface area contributed by atoms with E-state index in [4.69, 9.17) is 16.3 Å². The Balaban J connectivity index is 2.36. The van der Waals surface area contributed by atoms with Crippen LogP contribution in [0.1, 0.15) is 26.7 Å². The molecule has 0 N–H and O–H groups in total. The van der Waals surface area contributed by atoms with Crippen LogP contribution in [0.4, 0.5) is 0 Å². The molecule has 0 aliphatic carbocycles. The van der Waals surface area contributed by atoms with Crippen molar-refractivity contribution in [3.63, 3.8) is 0 Å². The lowest BCUT2D eigenvalue weighted by atomic mass is 10.2. The van der Waals surface area contributed by atoms with Crippen molar-refractivity contribution < 1.29 is 4.74 Å². The molecular formula is C13H18ClNO. The Morgan fingerprint density at radius 3 is 3.00 bits per heavy atom. The number of halogens is 1. The van der Waals surface area contributed by atoms with E-state index in [-0.39, 0.29) is 11.5 Å². The van der Waals surface area contributed by atoms with Gasteiger partial charge in [0.15, 0.2) is 0 Å². The van der Waals surface area contributed by atoms with E-state index in [9.17, 15) is 0 Å². The largest absolute Gasteiger partial charge is 0.489 e. The van der Waals surface area contributed by atoms with Crippen LogP contribution in [0.3, 0.4) is 0 Å². The maximum absolute atomic E-state index is 6.14. The third kappa shape index (κ3) is 5.17. The van der Waals surface area contributed by atoms with Crippen molar-refractivity contribution >= 4 is 11.6 Å². The van der Waals surface area contributed by atoms with Gasteiger partial charge in [0.05, 0.1) is 17.7 Å². The van der Waals surface area contributed by atoms with Gasteiger partial charge in [-0.3, -0.25) is 4.98 Å². The monoisotopic (exact) mass is 239 g/mol. The number of aromatic nitrogens is 1. The number of allylic oxidation sites excluding steroid dienone is 2. The lowest BCUT2D eigenvalue weighted by Gasteiger charge is -2.15. The molecule has 0 bridgehead atoms. The van der Waals surface area contributed by atoms with Gasteiger partial charge in [0.2, 0.25) is 0 Å². The first-order chi connectivity index (χ1) is 7.72. The summed E-state index contributed by atoms with van der Waals surface area (Å²) in [7, 11) is 0. The molecule has 0 spiro atoms. The van der Waals surface area contributed by atoms with Crippen LogP contribution in [0.15, 0.2) is 36.7 Å². The van der Waals surface area contributed by atoms with Crippen molar-refractivity contribution in [2.75, 3.05) is 0 Å². The molecule has 2 unspecified atom stereocenters. The normalized spacial score (nSPS) is 14.9. The lowest BCUT2D eigenvalue weighted by Crippen LogP contribution is -2.16. The number of ether oxygens (including phenoxy) is 1. The average Bonchev–Trinajstić information content (AvgIpc) is 2.27. The number of alkyl halides is 1. The van der Waals surface area contributed by atoms with Crippen LogP contribution in [-0.2, 0) is 0 Å². The predicted molar refractivity (Wildman–Crippen MR) is 68.0 cm³/mol. The van der Waals surface area contributed by atoms with Crippen molar-refractivity contribution in [1.82, 2.24) is 4.98 Å². The van der Waals surface area contributed by atoms with Crippen LogP contribution in [0.25, 0.3) is 0 Å². The molecule has 0 aromatic carbocycles. The minimum atomic E-state index is 0.0339. The molecule has 2 nitrogen and oxygen atoms in total. The predicted octanol–water partition coefficient (Wildman–Crippen LogP) is 3.81. The van der Waals surface area contributed by atoms with Gasteiger partial charge in [-0.05, 0) is 25.5 Å². The molecule has 1 heterocycles. The SMILES string of the molecule is CC/C=C\C(Cl)CC(C)Oc1cccnc1. The molecular weight excluding hydrogens is 222 g/mol. The third-order valence-corrected chi connectivity index (χ3v) is 2.43. The highest BCUT2D eigenvalue weighted by atomic mass is 35.5. The highest BCUT2D eigenvalue weighted by molar-refractivity contribution is 6.21. The van der Waals surface area contributed by atoms with E-state index in [0.29, 0.717) is 0 Å². The Morgan fingerprint density at radius 1 is 1.56 bits per heavy atom. The van der Waals surface area contributed by atoms with Gasteiger partial charge in [-0.2, -0.15) is 0 Å². The molecule has 0 aliphatic rings. The zero-order chi connectivity index (χ0) is 11.8. The molecule has 1 aromatic rings. The maximum atomic E-state index is 6.14. The van der Waals surface area contributed by atoms with Gasteiger partial charge >= 0.3 is 0 Å². The van der Waals surface area contributed by atoms with E-state index in [1.807, 2.05) is 25.1 Å². The van der Waals surface area contributed by atoms with Crippen LogP contribution < -0.4 is 4.74 Å². The molecule has 16 heavy (non-hydrogen) atoms. The number of hydrogen-bond donors (Lipinski definition) is 0. The van der Waals surface area contributed by atoms with E-state index in [2.05, 4.69) is 18.0 Å². The molecule has 1 aromatic heterocycles. The highest BCUT2D eigenvalue weighted by Gasteiger charge is 2.09. The minimum Gasteiger partial charge on any atom is -0.489 e. The van der Waals surface area contributed by atoms with Crippen molar-refractivity contribution in [3.8, 4) is 5.75 Å². The second-order valence-corrected chi connectivity index (χ2v) is 4.27. The van der Waals surface area contributed by atoms with E-state index < -0.39 is 0 Å². The van der Waals surface area contributed by atoms with Crippen LogP contribution >= 0.6 is 11.6 Å². The minimum absolute atomic E-state index is 0.0339. The van der Waals surface area contributed by atoms with E-state index in [1.54, 1.807) is 12.4 Å². The Kier molecular flexibility index (Phi) is 5.94. The topological polar surface area (TPSA) is 22.1 Å². The second kappa shape index (κ2) is 7.29. The van der Waals surface area contributed by atoms with Crippen LogP contribution in [0, 0.1) is 0 Å². The average molecular weight is 240 g/mol. The molecule has 1 rings (SSSR count). The van der Waals surface area contributed by atoms with E-state index >= 15 is 0 Å². The first-order valence-corrected chi connectivity index (χ1v) is 6.03. The number of rotatable bonds is 6. The highest BCUT2D eigenvalue weighted by Crippen LogP contribution is 2.14. The molecule has 0 saturated heterocycles. The number of nitrogens with zero attached hydrogens (tertiary/aromatic N) is 1. The fourth-order valence-corrected chi connectivity index (χ4v) is 1.73. The van der Waals surface area contributed by atoms with Gasteiger partial charge in [0.1, 0.15) is 5.75 Å². The Bertz CT molecular complexity index is 313.